The van der Waals surface area contributed by atoms with Crippen LogP contribution in [0.4, 0.5) is 30.7 Å². The first-order chi connectivity index (χ1) is 7.37. The number of carbonyl (C=O) groups excluding carboxylic acids is 1. The molecule has 0 fully saturated rings. The molecule has 0 aliphatic carbocycles. The summed E-state index contributed by atoms with van der Waals surface area (Å²) in [4.78, 5) is 10.7. The van der Waals surface area contributed by atoms with Crippen molar-refractivity contribution < 1.29 is 40.3 Å². The van der Waals surface area contributed by atoms with Crippen molar-refractivity contribution in [3.05, 3.63) is 12.2 Å². The van der Waals surface area contributed by atoms with Crippen LogP contribution in [-0.2, 0) is 9.53 Å². The number of rotatable bonds is 4. The lowest BCUT2D eigenvalue weighted by atomic mass is 10.2. The Kier molecular flexibility index (Phi) is 4.19. The molecular weight excluding hydrogens is 261 g/mol. The summed E-state index contributed by atoms with van der Waals surface area (Å²) in [5.74, 6) is -8.48. The Hall–Kier alpha value is -1.28. The van der Waals surface area contributed by atoms with Crippen molar-refractivity contribution in [3.63, 3.8) is 0 Å². The second-order valence-electron chi connectivity index (χ2n) is 2.94. The number of esters is 1. The van der Waals surface area contributed by atoms with Crippen LogP contribution >= 0.6 is 0 Å². The van der Waals surface area contributed by atoms with E-state index < -0.39 is 29.7 Å². The van der Waals surface area contributed by atoms with Crippen molar-refractivity contribution in [2.75, 3.05) is 0 Å². The molecule has 0 unspecified atom stereocenters. The van der Waals surface area contributed by atoms with Crippen LogP contribution in [0.1, 0.15) is 13.3 Å². The van der Waals surface area contributed by atoms with Gasteiger partial charge in [-0.2, -0.15) is 30.7 Å². The van der Waals surface area contributed by atoms with E-state index >= 15 is 0 Å². The van der Waals surface area contributed by atoms with E-state index in [2.05, 4.69) is 11.3 Å². The Bertz CT molecular complexity index is 318. The second kappa shape index (κ2) is 4.53. The maximum Gasteiger partial charge on any atom is 0.476 e. The third kappa shape index (κ3) is 3.10. The Balaban J connectivity index is 5.04. The highest BCUT2D eigenvalue weighted by Crippen LogP contribution is 2.47. The average molecular weight is 268 g/mol. The molecule has 0 saturated carbocycles. The van der Waals surface area contributed by atoms with Gasteiger partial charge in [-0.15, -0.1) is 0 Å². The third-order valence-electron chi connectivity index (χ3n) is 1.66. The number of halogens is 7. The van der Waals surface area contributed by atoms with Crippen LogP contribution < -0.4 is 0 Å². The van der Waals surface area contributed by atoms with Crippen molar-refractivity contribution in [1.29, 1.82) is 0 Å². The lowest BCUT2D eigenvalue weighted by Gasteiger charge is -2.27. The van der Waals surface area contributed by atoms with Gasteiger partial charge in [-0.05, 0) is 6.42 Å². The molecule has 0 saturated heterocycles. The zero-order valence-electron chi connectivity index (χ0n) is 8.38. The van der Waals surface area contributed by atoms with Gasteiger partial charge in [-0.1, -0.05) is 13.5 Å². The molecule has 0 rings (SSSR count). The highest BCUT2D eigenvalue weighted by atomic mass is 19.4. The lowest BCUT2D eigenvalue weighted by Crippen LogP contribution is -2.54. The van der Waals surface area contributed by atoms with Crippen molar-refractivity contribution in [3.8, 4) is 0 Å². The van der Waals surface area contributed by atoms with Gasteiger partial charge in [0.1, 0.15) is 0 Å². The summed E-state index contributed by atoms with van der Waals surface area (Å²) in [5, 5.41) is 0. The van der Waals surface area contributed by atoms with Gasteiger partial charge in [-0.3, -0.25) is 0 Å². The van der Waals surface area contributed by atoms with Crippen LogP contribution in [0.3, 0.4) is 0 Å². The molecule has 100 valence electrons. The highest BCUT2D eigenvalue weighted by Gasteiger charge is 2.76. The minimum atomic E-state index is -6.54. The van der Waals surface area contributed by atoms with Gasteiger partial charge in [0.05, 0.1) is 0 Å². The van der Waals surface area contributed by atoms with Gasteiger partial charge in [0.15, 0.2) is 0 Å². The Morgan fingerprint density at radius 3 is 1.82 bits per heavy atom. The molecule has 0 aliphatic heterocycles. The molecule has 17 heavy (non-hydrogen) atoms. The predicted octanol–water partition coefficient (Wildman–Crippen LogP) is 3.29. The minimum absolute atomic E-state index is 0.230. The fourth-order valence-electron chi connectivity index (χ4n) is 0.562. The van der Waals surface area contributed by atoms with Gasteiger partial charge >= 0.3 is 24.2 Å². The first-order valence-electron chi connectivity index (χ1n) is 4.10. The van der Waals surface area contributed by atoms with Crippen LogP contribution in [0.15, 0.2) is 12.2 Å². The normalized spacial score (nSPS) is 13.4. The molecule has 0 bridgehead atoms. The molecule has 0 heterocycles. The molecule has 9 heteroatoms. The van der Waals surface area contributed by atoms with E-state index in [0.29, 0.717) is 0 Å². The number of hydrogen-bond acceptors (Lipinski definition) is 2. The third-order valence-corrected chi connectivity index (χ3v) is 1.66. The first-order valence-corrected chi connectivity index (χ1v) is 4.10. The molecule has 0 N–H and O–H groups in total. The zero-order valence-corrected chi connectivity index (χ0v) is 8.38. The molecule has 0 spiro atoms. The van der Waals surface area contributed by atoms with Crippen LogP contribution in [0.25, 0.3) is 0 Å². The molecule has 0 amide bonds. The number of ether oxygens (including phenoxy) is 1. The fourth-order valence-corrected chi connectivity index (χ4v) is 0.562. The number of carbonyl (C=O) groups is 1. The van der Waals surface area contributed by atoms with Crippen molar-refractivity contribution in [2.45, 2.75) is 31.6 Å². The van der Waals surface area contributed by atoms with Gasteiger partial charge in [0.25, 0.3) is 0 Å². The Labute approximate surface area is 91.0 Å². The van der Waals surface area contributed by atoms with Crippen LogP contribution in [-0.4, -0.2) is 24.2 Å². The Morgan fingerprint density at radius 2 is 1.53 bits per heavy atom. The molecule has 0 radical (unpaired) electrons. The van der Waals surface area contributed by atoms with Crippen molar-refractivity contribution >= 4 is 5.97 Å². The summed E-state index contributed by atoms with van der Waals surface area (Å²) in [5.41, 5.74) is -0.650. The summed E-state index contributed by atoms with van der Waals surface area (Å²) in [6.45, 7) is 4.12. The molecule has 2 nitrogen and oxygen atoms in total. The maximum absolute atomic E-state index is 12.5. The largest absolute Gasteiger partial charge is 0.476 e. The van der Waals surface area contributed by atoms with E-state index in [0.717, 1.165) is 0 Å². The van der Waals surface area contributed by atoms with E-state index in [1.54, 1.807) is 0 Å². The zero-order chi connectivity index (χ0) is 14.1. The van der Waals surface area contributed by atoms with Crippen LogP contribution in [0.2, 0.25) is 0 Å². The summed E-state index contributed by atoms with van der Waals surface area (Å²) >= 11 is 0. The highest BCUT2D eigenvalue weighted by molar-refractivity contribution is 5.87. The average Bonchev–Trinajstić information content (AvgIpc) is 2.13. The molecule has 0 aromatic carbocycles. The predicted molar refractivity (Wildman–Crippen MR) is 41.5 cm³/mol. The van der Waals surface area contributed by atoms with Gasteiger partial charge in [-0.25, -0.2) is 4.79 Å². The quantitative estimate of drug-likeness (QED) is 0.444. The summed E-state index contributed by atoms with van der Waals surface area (Å²) in [6, 6.07) is 0. The fraction of sp³-hybridized carbons (Fsp3) is 0.625. The van der Waals surface area contributed by atoms with Crippen molar-refractivity contribution in [1.82, 2.24) is 0 Å². The molecule has 0 atom stereocenters. The van der Waals surface area contributed by atoms with Crippen molar-refractivity contribution in [2.24, 2.45) is 0 Å². The summed E-state index contributed by atoms with van der Waals surface area (Å²) in [6.07, 6.45) is -12.8. The summed E-state index contributed by atoms with van der Waals surface area (Å²) < 4.78 is 87.2. The molecule has 0 aromatic heterocycles. The molecule has 0 aliphatic rings. The van der Waals surface area contributed by atoms with Gasteiger partial charge < -0.3 is 4.74 Å². The monoisotopic (exact) mass is 268 g/mol. The van der Waals surface area contributed by atoms with E-state index in [1.807, 2.05) is 0 Å². The Morgan fingerprint density at radius 1 is 1.12 bits per heavy atom. The standard InChI is InChI=1S/C8H7F7O2/c1-3-4(2)5(16)17-8(14,15)6(9,10)7(11,12)13/h2-3H2,1H3. The van der Waals surface area contributed by atoms with E-state index in [4.69, 9.17) is 0 Å². The van der Waals surface area contributed by atoms with E-state index in [-0.39, 0.29) is 6.42 Å². The minimum Gasteiger partial charge on any atom is -0.392 e. The lowest BCUT2D eigenvalue weighted by molar-refractivity contribution is -0.411. The topological polar surface area (TPSA) is 26.3 Å². The smallest absolute Gasteiger partial charge is 0.392 e. The molecule has 0 aromatic rings. The maximum atomic E-state index is 12.5. The van der Waals surface area contributed by atoms with E-state index in [9.17, 15) is 35.5 Å². The number of hydrogen-bond donors (Lipinski definition) is 0. The van der Waals surface area contributed by atoms with Gasteiger partial charge in [0, 0.05) is 5.57 Å². The van der Waals surface area contributed by atoms with Crippen LogP contribution in [0.5, 0.6) is 0 Å². The summed E-state index contributed by atoms with van der Waals surface area (Å²) in [7, 11) is 0. The number of alkyl halides is 7. The van der Waals surface area contributed by atoms with E-state index in [1.165, 1.54) is 6.92 Å². The first kappa shape index (κ1) is 15.7. The van der Waals surface area contributed by atoms with Crippen LogP contribution in [0, 0.1) is 0 Å². The molecular formula is C8H7F7O2. The SMILES string of the molecule is C=C(CC)C(=O)OC(F)(F)C(F)(F)C(F)(F)F. The second-order valence-corrected chi connectivity index (χ2v) is 2.94. The van der Waals surface area contributed by atoms with Gasteiger partial charge in [0.2, 0.25) is 0 Å².